The zero-order valence-electron chi connectivity index (χ0n) is 13.6. The first-order valence-corrected chi connectivity index (χ1v) is 8.49. The van der Waals surface area contributed by atoms with Crippen LogP contribution in [0.4, 0.5) is 4.39 Å². The molecule has 3 rings (SSSR count). The predicted molar refractivity (Wildman–Crippen MR) is 93.4 cm³/mol. The van der Waals surface area contributed by atoms with Gasteiger partial charge in [-0.05, 0) is 55.3 Å². The van der Waals surface area contributed by atoms with Crippen LogP contribution in [0.2, 0.25) is 5.02 Å². The van der Waals surface area contributed by atoms with Gasteiger partial charge in [-0.15, -0.1) is 0 Å². The maximum atomic E-state index is 13.0. The first kappa shape index (κ1) is 17.7. The molecule has 0 saturated carbocycles. The Kier molecular flexibility index (Phi) is 5.25. The maximum absolute atomic E-state index is 13.0. The summed E-state index contributed by atoms with van der Waals surface area (Å²) in [5.74, 6) is -0.0367. The molecule has 0 spiro atoms. The van der Waals surface area contributed by atoms with Gasteiger partial charge in [-0.25, -0.2) is 4.39 Å². The molecule has 1 N–H and O–H groups in total. The molecule has 0 aromatic heterocycles. The highest BCUT2D eigenvalue weighted by molar-refractivity contribution is 6.30. The number of likely N-dealkylation sites (tertiary alicyclic amines) is 1. The fourth-order valence-electron chi connectivity index (χ4n) is 2.95. The number of β-amino-alcohol motifs (C(OH)–C–C–N with tert-alkyl or cyclic N) is 1. The monoisotopic (exact) mass is 363 g/mol. The molecule has 1 aliphatic rings. The predicted octanol–water partition coefficient (Wildman–Crippen LogP) is 3.53. The van der Waals surface area contributed by atoms with E-state index in [0.29, 0.717) is 35.7 Å². The number of benzene rings is 2. The van der Waals surface area contributed by atoms with Crippen LogP contribution >= 0.6 is 11.6 Å². The summed E-state index contributed by atoms with van der Waals surface area (Å²) in [6.07, 6.45) is 1.21. The van der Waals surface area contributed by atoms with Gasteiger partial charge in [-0.2, -0.15) is 0 Å². The topological polar surface area (TPSA) is 49.8 Å². The molecular weight excluding hydrogens is 345 g/mol. The summed E-state index contributed by atoms with van der Waals surface area (Å²) < 4.78 is 18.7. The van der Waals surface area contributed by atoms with E-state index in [-0.39, 0.29) is 24.9 Å². The van der Waals surface area contributed by atoms with Gasteiger partial charge in [0.15, 0.2) is 0 Å². The molecule has 0 radical (unpaired) electrons. The molecule has 25 heavy (non-hydrogen) atoms. The average molecular weight is 364 g/mol. The van der Waals surface area contributed by atoms with Gasteiger partial charge in [0.1, 0.15) is 23.8 Å². The Morgan fingerprint density at radius 2 is 2.04 bits per heavy atom. The van der Waals surface area contributed by atoms with E-state index in [4.69, 9.17) is 16.3 Å². The minimum Gasteiger partial charge on any atom is -0.490 e. The second-order valence-corrected chi connectivity index (χ2v) is 6.74. The summed E-state index contributed by atoms with van der Waals surface area (Å²) in [6, 6.07) is 12.4. The summed E-state index contributed by atoms with van der Waals surface area (Å²) in [5, 5.41) is 11.4. The summed E-state index contributed by atoms with van der Waals surface area (Å²) in [4.78, 5) is 14.1. The molecule has 4 nitrogen and oxygen atoms in total. The number of hydrogen-bond donors (Lipinski definition) is 1. The van der Waals surface area contributed by atoms with Crippen LogP contribution < -0.4 is 4.74 Å². The van der Waals surface area contributed by atoms with Gasteiger partial charge >= 0.3 is 0 Å². The molecule has 132 valence electrons. The Morgan fingerprint density at radius 1 is 1.28 bits per heavy atom. The third-order valence-electron chi connectivity index (χ3n) is 4.24. The van der Waals surface area contributed by atoms with Crippen LogP contribution in [0.5, 0.6) is 5.75 Å². The first-order valence-electron chi connectivity index (χ1n) is 8.11. The molecule has 2 aromatic carbocycles. The van der Waals surface area contributed by atoms with Crippen LogP contribution in [0.25, 0.3) is 0 Å². The molecule has 1 atom stereocenters. The number of aliphatic hydroxyl groups is 1. The third-order valence-corrected chi connectivity index (χ3v) is 4.47. The normalized spacial score (nSPS) is 20.4. The van der Waals surface area contributed by atoms with Gasteiger partial charge in [-0.3, -0.25) is 4.79 Å². The fourth-order valence-corrected chi connectivity index (χ4v) is 3.13. The van der Waals surface area contributed by atoms with Crippen molar-refractivity contribution in [3.63, 3.8) is 0 Å². The maximum Gasteiger partial charge on any atom is 0.253 e. The van der Waals surface area contributed by atoms with E-state index in [1.54, 1.807) is 29.2 Å². The Labute approximate surface area is 150 Å². The van der Waals surface area contributed by atoms with Crippen molar-refractivity contribution in [2.24, 2.45) is 0 Å². The Morgan fingerprint density at radius 3 is 2.76 bits per heavy atom. The molecule has 1 unspecified atom stereocenters. The lowest BCUT2D eigenvalue weighted by atomic mass is 9.93. The number of hydrogen-bond acceptors (Lipinski definition) is 3. The SMILES string of the molecule is O=C(c1ccc(F)cc1)N1CCCC(O)(COc2cccc(Cl)c2)C1. The fraction of sp³-hybridized carbons (Fsp3) is 0.316. The molecular formula is C19H19ClFNO3. The van der Waals surface area contributed by atoms with E-state index >= 15 is 0 Å². The number of rotatable bonds is 4. The number of ether oxygens (including phenoxy) is 1. The quantitative estimate of drug-likeness (QED) is 0.904. The molecule has 1 heterocycles. The Hall–Kier alpha value is -2.11. The van der Waals surface area contributed by atoms with E-state index < -0.39 is 5.60 Å². The van der Waals surface area contributed by atoms with Crippen LogP contribution in [0.3, 0.4) is 0 Å². The van der Waals surface area contributed by atoms with Crippen LogP contribution in [-0.4, -0.2) is 41.2 Å². The van der Waals surface area contributed by atoms with E-state index in [1.807, 2.05) is 0 Å². The number of amides is 1. The van der Waals surface area contributed by atoms with Crippen LogP contribution in [0.1, 0.15) is 23.2 Å². The second-order valence-electron chi connectivity index (χ2n) is 6.31. The molecule has 1 amide bonds. The van der Waals surface area contributed by atoms with Crippen molar-refractivity contribution in [2.45, 2.75) is 18.4 Å². The van der Waals surface area contributed by atoms with Gasteiger partial charge < -0.3 is 14.7 Å². The molecule has 1 saturated heterocycles. The highest BCUT2D eigenvalue weighted by Crippen LogP contribution is 2.25. The number of piperidine rings is 1. The van der Waals surface area contributed by atoms with Crippen molar-refractivity contribution < 1.29 is 19.0 Å². The average Bonchev–Trinajstić information content (AvgIpc) is 2.60. The standard InChI is InChI=1S/C19H19ClFNO3/c20-15-3-1-4-17(11-15)25-13-19(24)9-2-10-22(12-19)18(23)14-5-7-16(21)8-6-14/h1,3-8,11,24H,2,9-10,12-13H2. The zero-order valence-corrected chi connectivity index (χ0v) is 14.4. The Bertz CT molecular complexity index is 753. The third kappa shape index (κ3) is 4.50. The van der Waals surface area contributed by atoms with Crippen molar-refractivity contribution in [3.8, 4) is 5.75 Å². The van der Waals surface area contributed by atoms with Crippen molar-refractivity contribution in [2.75, 3.05) is 19.7 Å². The van der Waals surface area contributed by atoms with Crippen LogP contribution in [0.15, 0.2) is 48.5 Å². The minimum atomic E-state index is -1.13. The number of carbonyl (C=O) groups is 1. The molecule has 0 aliphatic carbocycles. The largest absolute Gasteiger partial charge is 0.490 e. The summed E-state index contributed by atoms with van der Waals surface area (Å²) in [7, 11) is 0. The summed E-state index contributed by atoms with van der Waals surface area (Å²) >= 11 is 5.92. The minimum absolute atomic E-state index is 0.0700. The van der Waals surface area contributed by atoms with Gasteiger partial charge in [0, 0.05) is 17.1 Å². The van der Waals surface area contributed by atoms with Gasteiger partial charge in [-0.1, -0.05) is 17.7 Å². The molecule has 1 aliphatic heterocycles. The molecule has 0 bridgehead atoms. The van der Waals surface area contributed by atoms with E-state index in [0.717, 1.165) is 0 Å². The van der Waals surface area contributed by atoms with Crippen LogP contribution in [-0.2, 0) is 0 Å². The van der Waals surface area contributed by atoms with Crippen molar-refractivity contribution in [3.05, 3.63) is 64.9 Å². The van der Waals surface area contributed by atoms with Gasteiger partial charge in [0.25, 0.3) is 5.91 Å². The second kappa shape index (κ2) is 7.42. The van der Waals surface area contributed by atoms with Crippen molar-refractivity contribution >= 4 is 17.5 Å². The zero-order chi connectivity index (χ0) is 17.9. The molecule has 1 fully saturated rings. The molecule has 6 heteroatoms. The Balaban J connectivity index is 1.65. The van der Waals surface area contributed by atoms with Crippen molar-refractivity contribution in [1.29, 1.82) is 0 Å². The smallest absolute Gasteiger partial charge is 0.253 e. The number of carbonyl (C=O) groups excluding carboxylic acids is 1. The van der Waals surface area contributed by atoms with E-state index in [9.17, 15) is 14.3 Å². The van der Waals surface area contributed by atoms with E-state index in [2.05, 4.69) is 0 Å². The highest BCUT2D eigenvalue weighted by Gasteiger charge is 2.36. The van der Waals surface area contributed by atoms with Crippen LogP contribution in [0, 0.1) is 5.82 Å². The van der Waals surface area contributed by atoms with Gasteiger partial charge in [0.2, 0.25) is 0 Å². The summed E-state index contributed by atoms with van der Waals surface area (Å²) in [5.41, 5.74) is -0.725. The number of halogens is 2. The highest BCUT2D eigenvalue weighted by atomic mass is 35.5. The first-order chi connectivity index (χ1) is 12.0. The lowest BCUT2D eigenvalue weighted by Gasteiger charge is -2.39. The van der Waals surface area contributed by atoms with Gasteiger partial charge in [0.05, 0.1) is 6.54 Å². The molecule has 2 aromatic rings. The number of nitrogens with zero attached hydrogens (tertiary/aromatic N) is 1. The lowest BCUT2D eigenvalue weighted by molar-refractivity contribution is -0.0532. The van der Waals surface area contributed by atoms with Crippen molar-refractivity contribution in [1.82, 2.24) is 4.90 Å². The lowest BCUT2D eigenvalue weighted by Crippen LogP contribution is -2.53. The summed E-state index contributed by atoms with van der Waals surface area (Å²) in [6.45, 7) is 0.792. The van der Waals surface area contributed by atoms with E-state index in [1.165, 1.54) is 24.3 Å².